The van der Waals surface area contributed by atoms with Crippen LogP contribution in [-0.4, -0.2) is 27.3 Å². The molecule has 5 nitrogen and oxygen atoms in total. The first-order valence-corrected chi connectivity index (χ1v) is 7.56. The van der Waals surface area contributed by atoms with Crippen molar-refractivity contribution in [2.24, 2.45) is 7.05 Å². The van der Waals surface area contributed by atoms with Gasteiger partial charge in [0, 0.05) is 13.6 Å². The minimum Gasteiger partial charge on any atom is -0.387 e. The summed E-state index contributed by atoms with van der Waals surface area (Å²) < 4.78 is 1.48. The van der Waals surface area contributed by atoms with Crippen molar-refractivity contribution in [2.45, 2.75) is 19.4 Å². The Hall–Kier alpha value is -1.37. The number of nitrogens with zero attached hydrogens (tertiary/aromatic N) is 2. The lowest BCUT2D eigenvalue weighted by Gasteiger charge is -2.10. The minimum absolute atomic E-state index is 0.143. The van der Waals surface area contributed by atoms with Crippen LogP contribution in [0, 0.1) is 0 Å². The lowest BCUT2D eigenvalue weighted by atomic mass is 10.1. The highest BCUT2D eigenvalue weighted by molar-refractivity contribution is 7.07. The highest BCUT2D eigenvalue weighted by Gasteiger charge is 2.21. The summed E-state index contributed by atoms with van der Waals surface area (Å²) in [6.45, 7) is 2.06. The molecule has 0 saturated heterocycles. The van der Waals surface area contributed by atoms with Gasteiger partial charge < -0.3 is 10.4 Å². The Kier molecular flexibility index (Phi) is 4.80. The van der Waals surface area contributed by atoms with Crippen LogP contribution >= 0.6 is 22.9 Å². The number of thiophene rings is 1. The molecule has 0 aromatic carbocycles. The van der Waals surface area contributed by atoms with Gasteiger partial charge in [-0.05, 0) is 28.8 Å². The molecule has 7 heteroatoms. The van der Waals surface area contributed by atoms with Crippen LogP contribution in [0.3, 0.4) is 0 Å². The van der Waals surface area contributed by atoms with E-state index in [9.17, 15) is 9.90 Å². The summed E-state index contributed by atoms with van der Waals surface area (Å²) >= 11 is 7.58. The molecule has 0 bridgehead atoms. The second-order valence-electron chi connectivity index (χ2n) is 4.37. The van der Waals surface area contributed by atoms with Gasteiger partial charge in [-0.1, -0.05) is 18.5 Å². The smallest absolute Gasteiger partial charge is 0.256 e. The standard InChI is InChI=1S/C13H16ClN3O2S/c1-3-9-11(12(14)17(2)16-9)13(19)15-6-10(18)8-4-5-20-7-8/h4-5,7,10,18H,3,6H2,1-2H3,(H,15,19). The molecule has 0 aliphatic rings. The molecule has 1 amide bonds. The highest BCUT2D eigenvalue weighted by atomic mass is 35.5. The molecular weight excluding hydrogens is 298 g/mol. The predicted molar refractivity (Wildman–Crippen MR) is 79.2 cm³/mol. The minimum atomic E-state index is -0.717. The lowest BCUT2D eigenvalue weighted by Crippen LogP contribution is -2.29. The van der Waals surface area contributed by atoms with Crippen LogP contribution in [0.15, 0.2) is 16.8 Å². The number of aryl methyl sites for hydroxylation is 2. The molecular formula is C13H16ClN3O2S. The Bertz CT molecular complexity index is 595. The number of halogens is 1. The SMILES string of the molecule is CCc1nn(C)c(Cl)c1C(=O)NCC(O)c1ccsc1. The number of hydrogen-bond acceptors (Lipinski definition) is 4. The molecule has 2 aromatic heterocycles. The van der Waals surface area contributed by atoms with E-state index in [0.29, 0.717) is 22.8 Å². The first-order chi connectivity index (χ1) is 9.54. The number of hydrogen-bond donors (Lipinski definition) is 2. The molecule has 0 radical (unpaired) electrons. The fourth-order valence-electron chi connectivity index (χ4n) is 1.89. The average molecular weight is 314 g/mol. The van der Waals surface area contributed by atoms with Crippen molar-refractivity contribution in [1.29, 1.82) is 0 Å². The van der Waals surface area contributed by atoms with Crippen molar-refractivity contribution in [1.82, 2.24) is 15.1 Å². The maximum atomic E-state index is 12.2. The number of nitrogens with one attached hydrogen (secondary N) is 1. The topological polar surface area (TPSA) is 67.2 Å². The Morgan fingerprint density at radius 1 is 1.65 bits per heavy atom. The van der Waals surface area contributed by atoms with Gasteiger partial charge in [-0.2, -0.15) is 16.4 Å². The summed E-state index contributed by atoms with van der Waals surface area (Å²) in [4.78, 5) is 12.2. The van der Waals surface area contributed by atoms with E-state index in [1.807, 2.05) is 23.8 Å². The van der Waals surface area contributed by atoms with Gasteiger partial charge in [0.25, 0.3) is 5.91 Å². The van der Waals surface area contributed by atoms with Crippen LogP contribution in [0.5, 0.6) is 0 Å². The molecule has 0 saturated carbocycles. The van der Waals surface area contributed by atoms with E-state index in [2.05, 4.69) is 10.4 Å². The zero-order valence-electron chi connectivity index (χ0n) is 11.3. The van der Waals surface area contributed by atoms with Gasteiger partial charge >= 0.3 is 0 Å². The molecule has 0 fully saturated rings. The molecule has 20 heavy (non-hydrogen) atoms. The molecule has 0 spiro atoms. The number of carbonyl (C=O) groups is 1. The molecule has 1 unspecified atom stereocenters. The Morgan fingerprint density at radius 3 is 3.00 bits per heavy atom. The second-order valence-corrected chi connectivity index (χ2v) is 5.51. The van der Waals surface area contributed by atoms with E-state index in [4.69, 9.17) is 11.6 Å². The Labute approximate surface area is 126 Å². The van der Waals surface area contributed by atoms with Crippen molar-refractivity contribution in [3.63, 3.8) is 0 Å². The van der Waals surface area contributed by atoms with Gasteiger partial charge in [-0.25, -0.2) is 0 Å². The van der Waals surface area contributed by atoms with Crippen LogP contribution in [0.25, 0.3) is 0 Å². The maximum Gasteiger partial charge on any atom is 0.256 e. The van der Waals surface area contributed by atoms with Crippen molar-refractivity contribution < 1.29 is 9.90 Å². The van der Waals surface area contributed by atoms with E-state index in [0.717, 1.165) is 5.56 Å². The molecule has 108 valence electrons. The van der Waals surface area contributed by atoms with Gasteiger partial charge in [0.15, 0.2) is 0 Å². The van der Waals surface area contributed by atoms with Crippen LogP contribution in [0.1, 0.15) is 34.6 Å². The van der Waals surface area contributed by atoms with E-state index in [-0.39, 0.29) is 12.5 Å². The zero-order valence-corrected chi connectivity index (χ0v) is 12.8. The number of aliphatic hydroxyl groups excluding tert-OH is 1. The Balaban J connectivity index is 2.05. The predicted octanol–water partition coefficient (Wildman–Crippen LogP) is 2.16. The number of carbonyl (C=O) groups excluding carboxylic acids is 1. The number of aromatic nitrogens is 2. The third-order valence-electron chi connectivity index (χ3n) is 3.00. The quantitative estimate of drug-likeness (QED) is 0.889. The number of rotatable bonds is 5. The van der Waals surface area contributed by atoms with Crippen LogP contribution in [0.2, 0.25) is 5.15 Å². The van der Waals surface area contributed by atoms with Crippen LogP contribution in [0.4, 0.5) is 0 Å². The van der Waals surface area contributed by atoms with Gasteiger partial charge in [0.2, 0.25) is 0 Å². The van der Waals surface area contributed by atoms with Crippen molar-refractivity contribution in [3.8, 4) is 0 Å². The second kappa shape index (κ2) is 6.39. The molecule has 2 N–H and O–H groups in total. The summed E-state index contributed by atoms with van der Waals surface area (Å²) in [5.74, 6) is -0.311. The number of amides is 1. The summed E-state index contributed by atoms with van der Waals surface area (Å²) in [6.07, 6.45) is -0.0955. The molecule has 2 aromatic rings. The molecule has 0 aliphatic carbocycles. The molecule has 2 heterocycles. The van der Waals surface area contributed by atoms with E-state index < -0.39 is 6.10 Å². The molecule has 2 rings (SSSR count). The third-order valence-corrected chi connectivity index (χ3v) is 4.13. The van der Waals surface area contributed by atoms with Gasteiger partial charge in [-0.15, -0.1) is 0 Å². The summed E-state index contributed by atoms with van der Waals surface area (Å²) in [5, 5.41) is 20.9. The summed E-state index contributed by atoms with van der Waals surface area (Å²) in [7, 11) is 1.69. The van der Waals surface area contributed by atoms with Crippen molar-refractivity contribution >= 4 is 28.8 Å². The fourth-order valence-corrected chi connectivity index (χ4v) is 2.83. The van der Waals surface area contributed by atoms with E-state index in [1.54, 1.807) is 7.05 Å². The van der Waals surface area contributed by atoms with Gasteiger partial charge in [-0.3, -0.25) is 9.48 Å². The van der Waals surface area contributed by atoms with Crippen LogP contribution in [-0.2, 0) is 13.5 Å². The van der Waals surface area contributed by atoms with Gasteiger partial charge in [0.05, 0.1) is 17.4 Å². The van der Waals surface area contributed by atoms with E-state index >= 15 is 0 Å². The maximum absolute atomic E-state index is 12.2. The largest absolute Gasteiger partial charge is 0.387 e. The average Bonchev–Trinajstić information content (AvgIpc) is 3.05. The summed E-state index contributed by atoms with van der Waals surface area (Å²) in [5.41, 5.74) is 1.83. The highest BCUT2D eigenvalue weighted by Crippen LogP contribution is 2.20. The normalized spacial score (nSPS) is 12.4. The Morgan fingerprint density at radius 2 is 2.40 bits per heavy atom. The van der Waals surface area contributed by atoms with Gasteiger partial charge in [0.1, 0.15) is 5.15 Å². The molecule has 0 aliphatic heterocycles. The molecule has 1 atom stereocenters. The van der Waals surface area contributed by atoms with Crippen molar-refractivity contribution in [2.75, 3.05) is 6.54 Å². The monoisotopic (exact) mass is 313 g/mol. The van der Waals surface area contributed by atoms with Crippen molar-refractivity contribution in [3.05, 3.63) is 38.8 Å². The zero-order chi connectivity index (χ0) is 14.7. The fraction of sp³-hybridized carbons (Fsp3) is 0.385. The first-order valence-electron chi connectivity index (χ1n) is 6.24. The van der Waals surface area contributed by atoms with Crippen LogP contribution < -0.4 is 5.32 Å². The number of aliphatic hydroxyl groups is 1. The third kappa shape index (κ3) is 3.03. The van der Waals surface area contributed by atoms with E-state index in [1.165, 1.54) is 16.0 Å². The summed E-state index contributed by atoms with van der Waals surface area (Å²) in [6, 6.07) is 1.83. The first kappa shape index (κ1) is 15.0. The lowest BCUT2D eigenvalue weighted by molar-refractivity contribution is 0.0915.